The molecule has 0 aromatic heterocycles. The van der Waals surface area contributed by atoms with Gasteiger partial charge in [0.05, 0.1) is 6.61 Å². The Labute approximate surface area is 114 Å². The molecule has 2 nitrogen and oxygen atoms in total. The molecule has 1 aliphatic heterocycles. The molecule has 0 amide bonds. The molecule has 2 rings (SSSR count). The number of hydrogen-bond acceptors (Lipinski definition) is 2. The Morgan fingerprint density at radius 1 is 1.41 bits per heavy atom. The van der Waals surface area contributed by atoms with Crippen LogP contribution < -0.4 is 5.32 Å². The largest absolute Gasteiger partial charge is 0.360 e. The average molecular weight is 276 g/mol. The van der Waals surface area contributed by atoms with Crippen LogP contribution in [0.15, 0.2) is 24.3 Å². The van der Waals surface area contributed by atoms with E-state index in [4.69, 9.17) is 16.3 Å². The highest BCUT2D eigenvalue weighted by Crippen LogP contribution is 2.21. The van der Waals surface area contributed by atoms with Crippen LogP contribution in [0.3, 0.4) is 0 Å². The Kier molecular flexibility index (Phi) is 5.26. The Bertz CT molecular complexity index is 345. The lowest BCUT2D eigenvalue weighted by molar-refractivity contribution is -0.0997. The average Bonchev–Trinajstić information content (AvgIpc) is 2.27. The Morgan fingerprint density at radius 3 is 2.59 bits per heavy atom. The van der Waals surface area contributed by atoms with Crippen molar-refractivity contribution in [2.75, 3.05) is 13.2 Å². The summed E-state index contributed by atoms with van der Waals surface area (Å²) in [5.41, 5.74) is 1.01. The topological polar surface area (TPSA) is 21.3 Å². The first-order valence-corrected chi connectivity index (χ1v) is 6.09. The van der Waals surface area contributed by atoms with Gasteiger partial charge in [-0.15, -0.1) is 12.4 Å². The van der Waals surface area contributed by atoms with Crippen molar-refractivity contribution in [1.29, 1.82) is 0 Å². The van der Waals surface area contributed by atoms with Gasteiger partial charge in [0.15, 0.2) is 0 Å². The van der Waals surface area contributed by atoms with Gasteiger partial charge in [-0.2, -0.15) is 0 Å². The monoisotopic (exact) mass is 275 g/mol. The molecule has 1 aliphatic rings. The van der Waals surface area contributed by atoms with Crippen molar-refractivity contribution in [3.63, 3.8) is 0 Å². The molecule has 0 bridgehead atoms. The first-order valence-electron chi connectivity index (χ1n) is 5.71. The van der Waals surface area contributed by atoms with Gasteiger partial charge in [-0.05, 0) is 30.5 Å². The molecule has 2 atom stereocenters. The molecule has 17 heavy (non-hydrogen) atoms. The first kappa shape index (κ1) is 14.8. The van der Waals surface area contributed by atoms with Gasteiger partial charge in [0.2, 0.25) is 0 Å². The van der Waals surface area contributed by atoms with Crippen LogP contribution in [0.25, 0.3) is 0 Å². The van der Waals surface area contributed by atoms with E-state index in [1.54, 1.807) is 0 Å². The molecular weight excluding hydrogens is 257 g/mol. The van der Waals surface area contributed by atoms with Crippen LogP contribution in [-0.2, 0) is 11.2 Å². The molecule has 0 radical (unpaired) electrons. The quantitative estimate of drug-likeness (QED) is 0.895. The summed E-state index contributed by atoms with van der Waals surface area (Å²) in [4.78, 5) is 0. The van der Waals surface area contributed by atoms with Gasteiger partial charge in [-0.25, -0.2) is 0 Å². The summed E-state index contributed by atoms with van der Waals surface area (Å²) >= 11 is 5.86. The minimum Gasteiger partial charge on any atom is -0.360 e. The maximum absolute atomic E-state index is 5.87. The van der Waals surface area contributed by atoms with Crippen LogP contribution >= 0.6 is 24.0 Å². The summed E-state index contributed by atoms with van der Waals surface area (Å²) in [5.74, 6) is 0.596. The summed E-state index contributed by atoms with van der Waals surface area (Å²) < 4.78 is 5.87. The maximum Gasteiger partial charge on any atom is 0.120 e. The zero-order chi connectivity index (χ0) is 11.6. The summed E-state index contributed by atoms with van der Waals surface area (Å²) in [6.07, 6.45) is 0.872. The van der Waals surface area contributed by atoms with Crippen molar-refractivity contribution in [2.45, 2.75) is 26.0 Å². The fourth-order valence-electron chi connectivity index (χ4n) is 1.93. The number of hydrogen-bond donors (Lipinski definition) is 1. The van der Waals surface area contributed by atoms with Crippen molar-refractivity contribution in [3.8, 4) is 0 Å². The molecular formula is C13H19Cl2NO. The lowest BCUT2D eigenvalue weighted by Gasteiger charge is -2.38. The van der Waals surface area contributed by atoms with E-state index >= 15 is 0 Å². The van der Waals surface area contributed by atoms with Gasteiger partial charge >= 0.3 is 0 Å². The number of rotatable bonds is 2. The summed E-state index contributed by atoms with van der Waals surface area (Å²) in [6, 6.07) is 7.95. The molecule has 0 spiro atoms. The zero-order valence-electron chi connectivity index (χ0n) is 10.2. The Balaban J connectivity index is 0.00000144. The summed E-state index contributed by atoms with van der Waals surface area (Å²) in [5, 5.41) is 4.23. The van der Waals surface area contributed by atoms with E-state index in [-0.39, 0.29) is 18.1 Å². The molecule has 1 heterocycles. The van der Waals surface area contributed by atoms with E-state index in [2.05, 4.69) is 31.3 Å². The van der Waals surface area contributed by atoms with E-state index < -0.39 is 0 Å². The van der Waals surface area contributed by atoms with Crippen molar-refractivity contribution in [1.82, 2.24) is 5.32 Å². The fourth-order valence-corrected chi connectivity index (χ4v) is 2.06. The maximum atomic E-state index is 5.87. The Hall–Kier alpha value is -0.280. The van der Waals surface area contributed by atoms with Crippen molar-refractivity contribution in [2.24, 2.45) is 5.92 Å². The van der Waals surface area contributed by atoms with E-state index in [0.717, 1.165) is 24.6 Å². The molecule has 1 saturated heterocycles. The second kappa shape index (κ2) is 6.05. The molecule has 96 valence electrons. The lowest BCUT2D eigenvalue weighted by Crippen LogP contribution is -2.53. The van der Waals surface area contributed by atoms with Gasteiger partial charge in [-0.1, -0.05) is 30.7 Å². The number of nitrogens with one attached hydrogen (secondary N) is 1. The standard InChI is InChI=1S/C13H18ClNO.ClH/c1-10-8-15-13(2,16-9-10)7-11-3-5-12(14)6-4-11;/h3-6,10,15H,7-9H2,1-2H3;1H. The highest BCUT2D eigenvalue weighted by molar-refractivity contribution is 6.30. The molecule has 1 aromatic rings. The van der Waals surface area contributed by atoms with Crippen LogP contribution in [0.2, 0.25) is 5.02 Å². The van der Waals surface area contributed by atoms with Gasteiger partial charge in [-0.3, -0.25) is 5.32 Å². The third-order valence-electron chi connectivity index (χ3n) is 2.97. The number of benzene rings is 1. The summed E-state index contributed by atoms with van der Waals surface area (Å²) in [6.45, 7) is 6.14. The lowest BCUT2D eigenvalue weighted by atomic mass is 10.0. The highest BCUT2D eigenvalue weighted by Gasteiger charge is 2.29. The smallest absolute Gasteiger partial charge is 0.120 e. The molecule has 0 aliphatic carbocycles. The molecule has 0 saturated carbocycles. The molecule has 2 unspecified atom stereocenters. The van der Waals surface area contributed by atoms with Gasteiger partial charge in [0.25, 0.3) is 0 Å². The second-order valence-electron chi connectivity index (χ2n) is 4.83. The molecule has 1 N–H and O–H groups in total. The van der Waals surface area contributed by atoms with Gasteiger partial charge in [0, 0.05) is 18.0 Å². The van der Waals surface area contributed by atoms with Crippen LogP contribution in [0.5, 0.6) is 0 Å². The predicted octanol–water partition coefficient (Wildman–Crippen LogP) is 3.28. The van der Waals surface area contributed by atoms with Gasteiger partial charge in [0.1, 0.15) is 5.72 Å². The third kappa shape index (κ3) is 4.14. The van der Waals surface area contributed by atoms with Gasteiger partial charge < -0.3 is 4.74 Å². The number of ether oxygens (including phenoxy) is 1. The van der Waals surface area contributed by atoms with Crippen LogP contribution in [-0.4, -0.2) is 18.9 Å². The minimum atomic E-state index is -0.236. The highest BCUT2D eigenvalue weighted by atomic mass is 35.5. The zero-order valence-corrected chi connectivity index (χ0v) is 11.8. The van der Waals surface area contributed by atoms with E-state index in [1.165, 1.54) is 5.56 Å². The molecule has 1 fully saturated rings. The number of halogens is 2. The summed E-state index contributed by atoms with van der Waals surface area (Å²) in [7, 11) is 0. The van der Waals surface area contributed by atoms with Crippen LogP contribution in [0.1, 0.15) is 19.4 Å². The first-order chi connectivity index (χ1) is 7.57. The minimum absolute atomic E-state index is 0. The van der Waals surface area contributed by atoms with E-state index in [9.17, 15) is 0 Å². The predicted molar refractivity (Wildman–Crippen MR) is 73.9 cm³/mol. The molecule has 4 heteroatoms. The fraction of sp³-hybridized carbons (Fsp3) is 0.538. The third-order valence-corrected chi connectivity index (χ3v) is 3.22. The van der Waals surface area contributed by atoms with Crippen LogP contribution in [0.4, 0.5) is 0 Å². The normalized spacial score (nSPS) is 28.5. The van der Waals surface area contributed by atoms with Crippen molar-refractivity contribution >= 4 is 24.0 Å². The second-order valence-corrected chi connectivity index (χ2v) is 5.27. The van der Waals surface area contributed by atoms with E-state index in [1.807, 2.05) is 12.1 Å². The Morgan fingerprint density at radius 2 is 2.06 bits per heavy atom. The van der Waals surface area contributed by atoms with Crippen molar-refractivity contribution in [3.05, 3.63) is 34.9 Å². The SMILES string of the molecule is CC1CNC(C)(Cc2ccc(Cl)cc2)OC1.Cl. The molecule has 1 aromatic carbocycles. The van der Waals surface area contributed by atoms with E-state index in [0.29, 0.717) is 5.92 Å². The van der Waals surface area contributed by atoms with Crippen LogP contribution in [0, 0.1) is 5.92 Å². The van der Waals surface area contributed by atoms with Crippen molar-refractivity contribution < 1.29 is 4.74 Å².